The van der Waals surface area contributed by atoms with E-state index in [2.05, 4.69) is 0 Å². The van der Waals surface area contributed by atoms with E-state index in [-0.39, 0.29) is 17.4 Å². The Labute approximate surface area is 108 Å². The highest BCUT2D eigenvalue weighted by atomic mass is 32.2. The van der Waals surface area contributed by atoms with Gasteiger partial charge in [0.25, 0.3) is 0 Å². The molecule has 0 spiro atoms. The topological polar surface area (TPSA) is 37.4 Å². The van der Waals surface area contributed by atoms with E-state index in [0.717, 1.165) is 12.0 Å². The molecule has 0 unspecified atom stereocenters. The zero-order chi connectivity index (χ0) is 13.3. The largest absolute Gasteiger partial charge is 0.267 e. The van der Waals surface area contributed by atoms with Crippen molar-refractivity contribution in [3.05, 3.63) is 29.6 Å². The third-order valence-corrected chi connectivity index (χ3v) is 5.11. The summed E-state index contributed by atoms with van der Waals surface area (Å²) in [5.41, 5.74) is 1.06. The second kappa shape index (κ2) is 4.88. The summed E-state index contributed by atoms with van der Waals surface area (Å²) < 4.78 is 39.1. The Hall–Kier alpha value is -1.10. The lowest BCUT2D eigenvalue weighted by Gasteiger charge is -2.28. The maximum absolute atomic E-state index is 14.0. The van der Waals surface area contributed by atoms with Crippen molar-refractivity contribution < 1.29 is 12.8 Å². The van der Waals surface area contributed by atoms with Crippen molar-refractivity contribution in [3.8, 4) is 0 Å². The Morgan fingerprint density at radius 3 is 2.56 bits per heavy atom. The first-order valence-electron chi connectivity index (χ1n) is 6.21. The summed E-state index contributed by atoms with van der Waals surface area (Å²) in [7, 11) is -3.34. The average molecular weight is 271 g/mol. The Balaban J connectivity index is 2.39. The minimum absolute atomic E-state index is 0.109. The van der Waals surface area contributed by atoms with Gasteiger partial charge in [-0.15, -0.1) is 0 Å². The molecule has 1 aliphatic rings. The third kappa shape index (κ3) is 2.51. The van der Waals surface area contributed by atoms with E-state index in [9.17, 15) is 12.8 Å². The van der Waals surface area contributed by atoms with Crippen molar-refractivity contribution in [3.63, 3.8) is 0 Å². The van der Waals surface area contributed by atoms with Crippen molar-refractivity contribution in [1.82, 2.24) is 0 Å². The number of rotatable bonds is 2. The Bertz CT molecular complexity index is 540. The summed E-state index contributed by atoms with van der Waals surface area (Å²) in [5.74, 6) is -0.114. The Kier molecular flexibility index (Phi) is 3.61. The molecule has 0 saturated carbocycles. The molecule has 0 aliphatic carbocycles. The molecule has 2 rings (SSSR count). The van der Waals surface area contributed by atoms with Gasteiger partial charge < -0.3 is 0 Å². The first kappa shape index (κ1) is 13.3. The van der Waals surface area contributed by atoms with Crippen LogP contribution in [0.5, 0.6) is 0 Å². The van der Waals surface area contributed by atoms with Gasteiger partial charge in [0.2, 0.25) is 10.0 Å². The van der Waals surface area contributed by atoms with Crippen molar-refractivity contribution in [2.24, 2.45) is 0 Å². The van der Waals surface area contributed by atoms with Crippen LogP contribution >= 0.6 is 0 Å². The lowest BCUT2D eigenvalue weighted by Crippen LogP contribution is -2.38. The number of sulfonamides is 1. The number of halogens is 1. The zero-order valence-electron chi connectivity index (χ0n) is 10.7. The zero-order valence-corrected chi connectivity index (χ0v) is 11.5. The second-order valence-corrected chi connectivity index (χ2v) is 6.97. The van der Waals surface area contributed by atoms with Crippen LogP contribution in [0.15, 0.2) is 18.2 Å². The molecule has 1 heterocycles. The number of hydrogen-bond donors (Lipinski definition) is 0. The fourth-order valence-corrected chi connectivity index (χ4v) is 3.79. The lowest BCUT2D eigenvalue weighted by molar-refractivity contribution is 0.568. The molecule has 100 valence electrons. The predicted molar refractivity (Wildman–Crippen MR) is 70.9 cm³/mol. The number of anilines is 1. The average Bonchev–Trinajstić information content (AvgIpc) is 2.29. The van der Waals surface area contributed by atoms with Crippen LogP contribution in [-0.4, -0.2) is 20.7 Å². The summed E-state index contributed by atoms with van der Waals surface area (Å²) >= 11 is 0. The van der Waals surface area contributed by atoms with E-state index in [0.29, 0.717) is 13.0 Å². The van der Waals surface area contributed by atoms with Gasteiger partial charge in [0, 0.05) is 6.54 Å². The summed E-state index contributed by atoms with van der Waals surface area (Å²) in [6.45, 7) is 4.33. The highest BCUT2D eigenvalue weighted by Gasteiger charge is 2.28. The summed E-state index contributed by atoms with van der Waals surface area (Å²) in [4.78, 5) is 0. The number of hydrogen-bond acceptors (Lipinski definition) is 2. The first-order valence-corrected chi connectivity index (χ1v) is 7.82. The van der Waals surface area contributed by atoms with Gasteiger partial charge in [0.1, 0.15) is 5.82 Å². The molecule has 0 N–H and O–H groups in total. The first-order chi connectivity index (χ1) is 8.42. The maximum atomic E-state index is 14.0. The maximum Gasteiger partial charge on any atom is 0.235 e. The van der Waals surface area contributed by atoms with Crippen LogP contribution in [0.25, 0.3) is 0 Å². The van der Waals surface area contributed by atoms with E-state index in [1.54, 1.807) is 12.1 Å². The Morgan fingerprint density at radius 1 is 1.28 bits per heavy atom. The molecular formula is C13H18FNO2S. The van der Waals surface area contributed by atoms with Crippen molar-refractivity contribution in [2.45, 2.75) is 32.6 Å². The number of nitrogens with zero attached hydrogens (tertiary/aromatic N) is 1. The van der Waals surface area contributed by atoms with Gasteiger partial charge in [-0.05, 0) is 36.5 Å². The predicted octanol–water partition coefficient (Wildman–Crippen LogP) is 2.88. The van der Waals surface area contributed by atoms with E-state index in [4.69, 9.17) is 0 Å². The third-order valence-electron chi connectivity index (χ3n) is 3.26. The van der Waals surface area contributed by atoms with E-state index in [1.807, 2.05) is 13.8 Å². The quantitative estimate of drug-likeness (QED) is 0.829. The molecule has 0 aromatic heterocycles. The van der Waals surface area contributed by atoms with Crippen LogP contribution in [0.1, 0.15) is 38.2 Å². The smallest absolute Gasteiger partial charge is 0.235 e. The molecule has 0 bridgehead atoms. The highest BCUT2D eigenvalue weighted by molar-refractivity contribution is 7.92. The summed E-state index contributed by atoms with van der Waals surface area (Å²) in [6.07, 6.45) is 1.44. The van der Waals surface area contributed by atoms with Crippen LogP contribution in [0.3, 0.4) is 0 Å². The lowest BCUT2D eigenvalue weighted by atomic mass is 10.0. The van der Waals surface area contributed by atoms with Crippen LogP contribution in [0.4, 0.5) is 10.1 Å². The standard InChI is InChI=1S/C13H18FNO2S/c1-10(2)11-5-6-13(12(14)9-11)15-7-3-4-8-18(15,16)17/h5-6,9-10H,3-4,7-8H2,1-2H3. The summed E-state index contributed by atoms with van der Waals surface area (Å²) in [5, 5.41) is 0. The van der Waals surface area contributed by atoms with Crippen molar-refractivity contribution in [1.29, 1.82) is 0 Å². The van der Waals surface area contributed by atoms with Gasteiger partial charge in [0.05, 0.1) is 11.4 Å². The molecule has 0 atom stereocenters. The van der Waals surface area contributed by atoms with Crippen LogP contribution in [0, 0.1) is 5.82 Å². The van der Waals surface area contributed by atoms with Gasteiger partial charge in [-0.3, -0.25) is 4.31 Å². The van der Waals surface area contributed by atoms with Gasteiger partial charge in [-0.2, -0.15) is 0 Å². The van der Waals surface area contributed by atoms with Gasteiger partial charge in [0.15, 0.2) is 0 Å². The van der Waals surface area contributed by atoms with Crippen LogP contribution in [-0.2, 0) is 10.0 Å². The van der Waals surface area contributed by atoms with E-state index in [1.165, 1.54) is 10.4 Å². The van der Waals surface area contributed by atoms with Crippen molar-refractivity contribution in [2.75, 3.05) is 16.6 Å². The van der Waals surface area contributed by atoms with Crippen molar-refractivity contribution >= 4 is 15.7 Å². The minimum Gasteiger partial charge on any atom is -0.267 e. The molecule has 0 amide bonds. The minimum atomic E-state index is -3.34. The molecular weight excluding hydrogens is 253 g/mol. The van der Waals surface area contributed by atoms with Crippen LogP contribution < -0.4 is 4.31 Å². The van der Waals surface area contributed by atoms with Crippen LogP contribution in [0.2, 0.25) is 0 Å². The van der Waals surface area contributed by atoms with E-state index >= 15 is 0 Å². The molecule has 1 saturated heterocycles. The molecule has 5 heteroatoms. The van der Waals surface area contributed by atoms with Gasteiger partial charge in [-0.25, -0.2) is 12.8 Å². The molecule has 3 nitrogen and oxygen atoms in total. The molecule has 1 aromatic carbocycles. The Morgan fingerprint density at radius 2 is 2.00 bits per heavy atom. The fraction of sp³-hybridized carbons (Fsp3) is 0.538. The molecule has 18 heavy (non-hydrogen) atoms. The molecule has 0 radical (unpaired) electrons. The van der Waals surface area contributed by atoms with Gasteiger partial charge >= 0.3 is 0 Å². The van der Waals surface area contributed by atoms with Gasteiger partial charge in [-0.1, -0.05) is 19.9 Å². The molecule has 1 aromatic rings. The second-order valence-electron chi connectivity index (χ2n) is 4.96. The molecule has 1 aliphatic heterocycles. The van der Waals surface area contributed by atoms with E-state index < -0.39 is 15.8 Å². The normalized spacial score (nSPS) is 19.2. The molecule has 1 fully saturated rings. The summed E-state index contributed by atoms with van der Waals surface area (Å²) in [6, 6.07) is 4.81. The highest BCUT2D eigenvalue weighted by Crippen LogP contribution is 2.28. The SMILES string of the molecule is CC(C)c1ccc(N2CCCCS2(=O)=O)c(F)c1. The fourth-order valence-electron chi connectivity index (χ4n) is 2.14. The monoisotopic (exact) mass is 271 g/mol. The number of benzene rings is 1.